The van der Waals surface area contributed by atoms with Crippen molar-refractivity contribution in [3.8, 4) is 0 Å². The van der Waals surface area contributed by atoms with Crippen LogP contribution in [0.4, 0.5) is 11.8 Å². The van der Waals surface area contributed by atoms with Crippen LogP contribution in [0.5, 0.6) is 0 Å². The van der Waals surface area contributed by atoms with E-state index in [1.165, 1.54) is 6.92 Å². The molecule has 6 nitrogen and oxygen atoms in total. The van der Waals surface area contributed by atoms with Crippen molar-refractivity contribution in [2.75, 3.05) is 37.4 Å². The largest absolute Gasteiger partial charge is 0.363 e. The molecule has 88 valence electrons. The van der Waals surface area contributed by atoms with E-state index < -0.39 is 0 Å². The molecule has 16 heavy (non-hydrogen) atoms. The lowest BCUT2D eigenvalue weighted by molar-refractivity contribution is -0.118. The molecule has 1 amide bonds. The van der Waals surface area contributed by atoms with E-state index >= 15 is 0 Å². The maximum Gasteiger partial charge on any atom is 0.224 e. The number of carbonyl (C=O) groups excluding carboxylic acids is 1. The average molecular weight is 223 g/mol. The second-order valence-corrected chi connectivity index (χ2v) is 3.54. The average Bonchev–Trinajstić information content (AvgIpc) is 2.24. The van der Waals surface area contributed by atoms with E-state index in [0.717, 1.165) is 5.82 Å². The van der Waals surface area contributed by atoms with Crippen molar-refractivity contribution in [2.24, 2.45) is 0 Å². The Morgan fingerprint density at radius 1 is 1.44 bits per heavy atom. The molecule has 1 rings (SSSR count). The molecule has 0 saturated carbocycles. The van der Waals surface area contributed by atoms with Crippen LogP contribution in [0.15, 0.2) is 12.3 Å². The van der Waals surface area contributed by atoms with Gasteiger partial charge in [-0.05, 0) is 6.07 Å². The van der Waals surface area contributed by atoms with Crippen LogP contribution in [-0.2, 0) is 4.79 Å². The van der Waals surface area contributed by atoms with Crippen LogP contribution in [0.1, 0.15) is 6.92 Å². The Labute approximate surface area is 95.1 Å². The summed E-state index contributed by atoms with van der Waals surface area (Å²) >= 11 is 0. The molecular weight excluding hydrogens is 206 g/mol. The zero-order valence-electron chi connectivity index (χ0n) is 9.82. The van der Waals surface area contributed by atoms with Gasteiger partial charge in [-0.2, -0.15) is 4.98 Å². The predicted molar refractivity (Wildman–Crippen MR) is 63.5 cm³/mol. The standard InChI is InChI=1S/C10H17N5O/c1-8(16)11-6-7-13-10-12-5-4-9(14-10)15(2)3/h4-5H,6-7H2,1-3H3,(H,11,16)(H,12,13,14). The first-order valence-electron chi connectivity index (χ1n) is 5.08. The molecule has 0 radical (unpaired) electrons. The van der Waals surface area contributed by atoms with E-state index in [2.05, 4.69) is 20.6 Å². The van der Waals surface area contributed by atoms with Crippen LogP contribution in [0.2, 0.25) is 0 Å². The molecule has 0 bridgehead atoms. The second kappa shape index (κ2) is 5.89. The Morgan fingerprint density at radius 3 is 2.81 bits per heavy atom. The quantitative estimate of drug-likeness (QED) is 0.692. The van der Waals surface area contributed by atoms with Crippen molar-refractivity contribution in [1.82, 2.24) is 15.3 Å². The number of aromatic nitrogens is 2. The highest BCUT2D eigenvalue weighted by Gasteiger charge is 1.99. The maximum absolute atomic E-state index is 10.6. The summed E-state index contributed by atoms with van der Waals surface area (Å²) in [5.74, 6) is 1.37. The third-order valence-electron chi connectivity index (χ3n) is 1.88. The zero-order valence-corrected chi connectivity index (χ0v) is 9.82. The number of amides is 1. The number of anilines is 2. The first-order valence-corrected chi connectivity index (χ1v) is 5.08. The molecule has 1 heterocycles. The number of carbonyl (C=O) groups is 1. The van der Waals surface area contributed by atoms with Gasteiger partial charge in [-0.15, -0.1) is 0 Å². The Kier molecular flexibility index (Phi) is 4.50. The predicted octanol–water partition coefficient (Wildman–Crippen LogP) is 0.0906. The summed E-state index contributed by atoms with van der Waals surface area (Å²) in [6, 6.07) is 1.83. The lowest BCUT2D eigenvalue weighted by Gasteiger charge is -2.12. The molecule has 0 spiro atoms. The van der Waals surface area contributed by atoms with E-state index in [9.17, 15) is 4.79 Å². The number of rotatable bonds is 5. The Morgan fingerprint density at radius 2 is 2.19 bits per heavy atom. The van der Waals surface area contributed by atoms with Crippen molar-refractivity contribution >= 4 is 17.7 Å². The summed E-state index contributed by atoms with van der Waals surface area (Å²) in [6.45, 7) is 2.66. The van der Waals surface area contributed by atoms with Gasteiger partial charge in [-0.3, -0.25) is 4.79 Å². The van der Waals surface area contributed by atoms with Gasteiger partial charge in [0.15, 0.2) is 0 Å². The zero-order chi connectivity index (χ0) is 12.0. The highest BCUT2D eigenvalue weighted by molar-refractivity contribution is 5.72. The lowest BCUT2D eigenvalue weighted by Crippen LogP contribution is -2.26. The first kappa shape index (κ1) is 12.2. The summed E-state index contributed by atoms with van der Waals surface area (Å²) in [7, 11) is 3.84. The monoisotopic (exact) mass is 223 g/mol. The fourth-order valence-corrected chi connectivity index (χ4v) is 1.10. The van der Waals surface area contributed by atoms with Gasteiger partial charge in [-0.25, -0.2) is 4.98 Å². The van der Waals surface area contributed by atoms with Crippen LogP contribution in [0, 0.1) is 0 Å². The summed E-state index contributed by atoms with van der Waals surface area (Å²) in [6.07, 6.45) is 1.70. The molecule has 6 heteroatoms. The Balaban J connectivity index is 2.42. The third-order valence-corrected chi connectivity index (χ3v) is 1.88. The minimum atomic E-state index is -0.0373. The molecule has 0 aliphatic rings. The van der Waals surface area contributed by atoms with Crippen molar-refractivity contribution in [3.05, 3.63) is 12.3 Å². The van der Waals surface area contributed by atoms with E-state index in [-0.39, 0.29) is 5.91 Å². The minimum Gasteiger partial charge on any atom is -0.363 e. The van der Waals surface area contributed by atoms with Crippen molar-refractivity contribution < 1.29 is 4.79 Å². The van der Waals surface area contributed by atoms with E-state index in [0.29, 0.717) is 19.0 Å². The van der Waals surface area contributed by atoms with Gasteiger partial charge in [0.05, 0.1) is 0 Å². The highest BCUT2D eigenvalue weighted by Crippen LogP contribution is 2.07. The fourth-order valence-electron chi connectivity index (χ4n) is 1.10. The smallest absolute Gasteiger partial charge is 0.224 e. The van der Waals surface area contributed by atoms with Gasteiger partial charge in [0, 0.05) is 40.3 Å². The van der Waals surface area contributed by atoms with E-state index in [1.807, 2.05) is 25.1 Å². The molecule has 2 N–H and O–H groups in total. The van der Waals surface area contributed by atoms with Crippen molar-refractivity contribution in [1.29, 1.82) is 0 Å². The summed E-state index contributed by atoms with van der Waals surface area (Å²) in [5.41, 5.74) is 0. The van der Waals surface area contributed by atoms with Crippen molar-refractivity contribution in [3.63, 3.8) is 0 Å². The minimum absolute atomic E-state index is 0.0373. The van der Waals surface area contributed by atoms with Gasteiger partial charge in [0.1, 0.15) is 5.82 Å². The summed E-state index contributed by atoms with van der Waals surface area (Å²) < 4.78 is 0. The van der Waals surface area contributed by atoms with Crippen LogP contribution in [0.25, 0.3) is 0 Å². The number of nitrogens with one attached hydrogen (secondary N) is 2. The van der Waals surface area contributed by atoms with Crippen LogP contribution >= 0.6 is 0 Å². The second-order valence-electron chi connectivity index (χ2n) is 3.54. The highest BCUT2D eigenvalue weighted by atomic mass is 16.1. The first-order chi connectivity index (χ1) is 7.59. The fraction of sp³-hybridized carbons (Fsp3) is 0.500. The van der Waals surface area contributed by atoms with Gasteiger partial charge >= 0.3 is 0 Å². The molecule has 0 aliphatic carbocycles. The Bertz CT molecular complexity index is 353. The van der Waals surface area contributed by atoms with E-state index in [4.69, 9.17) is 0 Å². The van der Waals surface area contributed by atoms with Gasteiger partial charge < -0.3 is 15.5 Å². The van der Waals surface area contributed by atoms with E-state index in [1.54, 1.807) is 6.20 Å². The summed E-state index contributed by atoms with van der Waals surface area (Å²) in [5, 5.41) is 5.72. The number of hydrogen-bond donors (Lipinski definition) is 2. The molecule has 0 aliphatic heterocycles. The summed E-state index contributed by atoms with van der Waals surface area (Å²) in [4.78, 5) is 20.9. The molecule has 0 aromatic carbocycles. The topological polar surface area (TPSA) is 70.2 Å². The molecular formula is C10H17N5O. The molecule has 0 unspecified atom stereocenters. The number of hydrogen-bond acceptors (Lipinski definition) is 5. The maximum atomic E-state index is 10.6. The molecule has 0 atom stereocenters. The molecule has 1 aromatic heterocycles. The molecule has 0 saturated heterocycles. The Hall–Kier alpha value is -1.85. The van der Waals surface area contributed by atoms with Crippen LogP contribution < -0.4 is 15.5 Å². The van der Waals surface area contributed by atoms with Gasteiger partial charge in [-0.1, -0.05) is 0 Å². The van der Waals surface area contributed by atoms with Gasteiger partial charge in [0.25, 0.3) is 0 Å². The van der Waals surface area contributed by atoms with Crippen molar-refractivity contribution in [2.45, 2.75) is 6.92 Å². The third kappa shape index (κ3) is 4.12. The van der Waals surface area contributed by atoms with Gasteiger partial charge in [0.2, 0.25) is 11.9 Å². The molecule has 1 aromatic rings. The number of nitrogens with zero attached hydrogens (tertiary/aromatic N) is 3. The lowest BCUT2D eigenvalue weighted by atomic mass is 10.5. The molecule has 0 fully saturated rings. The normalized spacial score (nSPS) is 9.69. The van der Waals surface area contributed by atoms with Crippen LogP contribution in [0.3, 0.4) is 0 Å². The van der Waals surface area contributed by atoms with Crippen LogP contribution in [-0.4, -0.2) is 43.1 Å². The SMILES string of the molecule is CC(=O)NCCNc1nccc(N(C)C)n1.